The van der Waals surface area contributed by atoms with E-state index in [1.54, 1.807) is 4.90 Å². The fourth-order valence-electron chi connectivity index (χ4n) is 1.35. The molecule has 2 N–H and O–H groups in total. The Morgan fingerprint density at radius 2 is 1.76 bits per heavy atom. The van der Waals surface area contributed by atoms with E-state index < -0.39 is 0 Å². The highest BCUT2D eigenvalue weighted by molar-refractivity contribution is 7.80. The van der Waals surface area contributed by atoms with Crippen molar-refractivity contribution in [3.63, 3.8) is 0 Å². The summed E-state index contributed by atoms with van der Waals surface area (Å²) in [4.78, 5) is 16.3. The molecule has 0 rings (SSSR count). The van der Waals surface area contributed by atoms with Gasteiger partial charge in [-0.25, -0.2) is 0 Å². The zero-order valence-corrected chi connectivity index (χ0v) is 12.4. The second kappa shape index (κ2) is 7.61. The topological polar surface area (TPSA) is 49.6 Å². The second-order valence-corrected chi connectivity index (χ2v) is 5.40. The smallest absolute Gasteiger partial charge is 0.236 e. The molecule has 0 spiro atoms. The third-order valence-electron chi connectivity index (χ3n) is 2.88. The molecule has 0 saturated heterocycles. The van der Waals surface area contributed by atoms with Crippen molar-refractivity contribution in [3.8, 4) is 0 Å². The highest BCUT2D eigenvalue weighted by atomic mass is 32.1. The molecule has 0 saturated carbocycles. The number of amides is 1. The molecule has 17 heavy (non-hydrogen) atoms. The number of likely N-dealkylation sites (N-methyl/N-ethyl adjacent to an activating group) is 1. The lowest BCUT2D eigenvalue weighted by Gasteiger charge is -2.29. The first-order valence-electron chi connectivity index (χ1n) is 6.03. The maximum absolute atomic E-state index is 12.0. The summed E-state index contributed by atoms with van der Waals surface area (Å²) >= 11 is 4.86. The van der Waals surface area contributed by atoms with E-state index in [2.05, 4.69) is 18.7 Å². The van der Waals surface area contributed by atoms with Gasteiger partial charge in [-0.1, -0.05) is 12.2 Å². The van der Waals surface area contributed by atoms with Crippen LogP contribution in [0, 0.1) is 0 Å². The van der Waals surface area contributed by atoms with E-state index in [-0.39, 0.29) is 11.9 Å². The summed E-state index contributed by atoms with van der Waals surface area (Å²) in [6.45, 7) is 9.32. The Bertz CT molecular complexity index is 266. The Labute approximate surface area is 110 Å². The molecule has 1 amide bonds. The van der Waals surface area contributed by atoms with Gasteiger partial charge in [0, 0.05) is 32.1 Å². The average Bonchev–Trinajstić information content (AvgIpc) is 2.21. The van der Waals surface area contributed by atoms with Gasteiger partial charge in [0.05, 0.1) is 11.5 Å². The number of thiocarbonyl (C=S) groups is 1. The van der Waals surface area contributed by atoms with Crippen LogP contribution in [-0.2, 0) is 4.79 Å². The van der Waals surface area contributed by atoms with Crippen LogP contribution >= 0.6 is 12.2 Å². The quantitative estimate of drug-likeness (QED) is 0.699. The normalized spacial score (nSPS) is 11.3. The predicted octanol–water partition coefficient (Wildman–Crippen LogP) is 1.24. The monoisotopic (exact) mass is 259 g/mol. The number of nitrogens with zero attached hydrogens (tertiary/aromatic N) is 2. The number of carbonyl (C=O) groups is 1. The first-order chi connectivity index (χ1) is 7.75. The van der Waals surface area contributed by atoms with Crippen LogP contribution in [0.15, 0.2) is 0 Å². The van der Waals surface area contributed by atoms with Crippen LogP contribution in [0.3, 0.4) is 0 Å². The molecule has 100 valence electrons. The Balaban J connectivity index is 4.34. The third kappa shape index (κ3) is 6.58. The predicted molar refractivity (Wildman–Crippen MR) is 76.0 cm³/mol. The van der Waals surface area contributed by atoms with Crippen molar-refractivity contribution in [1.29, 1.82) is 0 Å². The van der Waals surface area contributed by atoms with Crippen LogP contribution in [-0.4, -0.2) is 52.9 Å². The molecule has 0 unspecified atom stereocenters. The van der Waals surface area contributed by atoms with Crippen LogP contribution in [0.25, 0.3) is 0 Å². The van der Waals surface area contributed by atoms with E-state index in [1.165, 1.54) is 0 Å². The Hall–Kier alpha value is -0.680. The average molecular weight is 259 g/mol. The maximum Gasteiger partial charge on any atom is 0.236 e. The van der Waals surface area contributed by atoms with Crippen LogP contribution in [0.5, 0.6) is 0 Å². The molecule has 0 heterocycles. The van der Waals surface area contributed by atoms with Gasteiger partial charge in [-0.2, -0.15) is 0 Å². The molecule has 0 aromatic heterocycles. The van der Waals surface area contributed by atoms with Crippen LogP contribution in [0.4, 0.5) is 0 Å². The highest BCUT2D eigenvalue weighted by Gasteiger charge is 2.18. The molecule has 0 aliphatic rings. The third-order valence-corrected chi connectivity index (χ3v) is 3.09. The minimum absolute atomic E-state index is 0.136. The molecule has 0 aromatic carbocycles. The number of carbonyl (C=O) groups excluding carboxylic acids is 1. The largest absolute Gasteiger partial charge is 0.393 e. The van der Waals surface area contributed by atoms with Crippen LogP contribution in [0.1, 0.15) is 34.1 Å². The van der Waals surface area contributed by atoms with E-state index in [0.29, 0.717) is 24.0 Å². The van der Waals surface area contributed by atoms with E-state index in [4.69, 9.17) is 18.0 Å². The number of hydrogen-bond donors (Lipinski definition) is 1. The first-order valence-corrected chi connectivity index (χ1v) is 6.44. The molecular formula is C12H25N3OS. The molecule has 5 heteroatoms. The summed E-state index contributed by atoms with van der Waals surface area (Å²) < 4.78 is 0. The lowest BCUT2D eigenvalue weighted by molar-refractivity contribution is -0.133. The van der Waals surface area contributed by atoms with Gasteiger partial charge in [0.2, 0.25) is 5.91 Å². The highest BCUT2D eigenvalue weighted by Crippen LogP contribution is 2.03. The van der Waals surface area contributed by atoms with Crippen molar-refractivity contribution < 1.29 is 4.79 Å². The first kappa shape index (κ1) is 16.3. The van der Waals surface area contributed by atoms with Crippen molar-refractivity contribution in [2.24, 2.45) is 5.73 Å². The Morgan fingerprint density at radius 1 is 1.24 bits per heavy atom. The summed E-state index contributed by atoms with van der Waals surface area (Å²) in [7, 11) is 1.83. The SMILES string of the molecule is CC(C)N(CCC(N)=S)CC(=O)N(C)C(C)C. The molecule has 0 aromatic rings. The Kier molecular flexibility index (Phi) is 7.30. The number of rotatable bonds is 7. The van der Waals surface area contributed by atoms with Gasteiger partial charge in [0.15, 0.2) is 0 Å². The van der Waals surface area contributed by atoms with Gasteiger partial charge in [-0.3, -0.25) is 9.69 Å². The standard InChI is InChI=1S/C12H25N3OS/c1-9(2)14(5)12(16)8-15(10(3)4)7-6-11(13)17/h9-10H,6-8H2,1-5H3,(H2,13,17). The van der Waals surface area contributed by atoms with Crippen molar-refractivity contribution in [2.45, 2.75) is 46.2 Å². The van der Waals surface area contributed by atoms with Crippen LogP contribution in [0.2, 0.25) is 0 Å². The molecular weight excluding hydrogens is 234 g/mol. The summed E-state index contributed by atoms with van der Waals surface area (Å²) in [5.41, 5.74) is 5.49. The van der Waals surface area contributed by atoms with Crippen molar-refractivity contribution >= 4 is 23.1 Å². The van der Waals surface area contributed by atoms with E-state index >= 15 is 0 Å². The molecule has 0 aliphatic heterocycles. The fraction of sp³-hybridized carbons (Fsp3) is 0.833. The minimum atomic E-state index is 0.136. The zero-order valence-electron chi connectivity index (χ0n) is 11.6. The molecule has 4 nitrogen and oxygen atoms in total. The van der Waals surface area contributed by atoms with Gasteiger partial charge in [-0.15, -0.1) is 0 Å². The minimum Gasteiger partial charge on any atom is -0.393 e. The van der Waals surface area contributed by atoms with Gasteiger partial charge in [0.1, 0.15) is 0 Å². The molecule has 0 fully saturated rings. The van der Waals surface area contributed by atoms with E-state index in [1.807, 2.05) is 20.9 Å². The number of nitrogens with two attached hydrogens (primary N) is 1. The number of hydrogen-bond acceptors (Lipinski definition) is 3. The van der Waals surface area contributed by atoms with Gasteiger partial charge >= 0.3 is 0 Å². The zero-order chi connectivity index (χ0) is 13.6. The molecule has 0 atom stereocenters. The van der Waals surface area contributed by atoms with E-state index in [9.17, 15) is 4.79 Å². The van der Waals surface area contributed by atoms with E-state index in [0.717, 1.165) is 6.54 Å². The molecule has 0 bridgehead atoms. The Morgan fingerprint density at radius 3 is 2.12 bits per heavy atom. The lowest BCUT2D eigenvalue weighted by Crippen LogP contribution is -2.44. The van der Waals surface area contributed by atoms with Gasteiger partial charge in [0.25, 0.3) is 0 Å². The summed E-state index contributed by atoms with van der Waals surface area (Å²) in [6, 6.07) is 0.543. The molecule has 0 radical (unpaired) electrons. The second-order valence-electron chi connectivity index (χ2n) is 4.88. The van der Waals surface area contributed by atoms with Gasteiger partial charge < -0.3 is 10.6 Å². The van der Waals surface area contributed by atoms with Crippen molar-refractivity contribution in [1.82, 2.24) is 9.80 Å². The maximum atomic E-state index is 12.0. The summed E-state index contributed by atoms with van der Waals surface area (Å²) in [6.07, 6.45) is 0.659. The summed E-state index contributed by atoms with van der Waals surface area (Å²) in [5.74, 6) is 0.136. The molecule has 0 aliphatic carbocycles. The van der Waals surface area contributed by atoms with Crippen molar-refractivity contribution in [2.75, 3.05) is 20.1 Å². The summed E-state index contributed by atoms with van der Waals surface area (Å²) in [5, 5.41) is 0. The lowest BCUT2D eigenvalue weighted by atomic mass is 10.2. The van der Waals surface area contributed by atoms with Gasteiger partial charge in [-0.05, 0) is 27.7 Å². The fourth-order valence-corrected chi connectivity index (χ4v) is 1.44. The van der Waals surface area contributed by atoms with Crippen LogP contribution < -0.4 is 5.73 Å². The van der Waals surface area contributed by atoms with Crippen molar-refractivity contribution in [3.05, 3.63) is 0 Å².